The van der Waals surface area contributed by atoms with E-state index < -0.39 is 0 Å². The molecule has 4 heteroatoms. The van der Waals surface area contributed by atoms with Crippen LogP contribution in [0.2, 0.25) is 0 Å². The van der Waals surface area contributed by atoms with E-state index >= 15 is 0 Å². The Labute approximate surface area is 82.5 Å². The minimum absolute atomic E-state index is 0.371. The minimum Gasteiger partial charge on any atom is -0.312 e. The summed E-state index contributed by atoms with van der Waals surface area (Å²) in [6.07, 6.45) is 6.08. The van der Waals surface area contributed by atoms with Crippen molar-refractivity contribution in [1.82, 2.24) is 15.1 Å². The molecule has 70 valence electrons. The lowest BCUT2D eigenvalue weighted by Gasteiger charge is -2.10. The average Bonchev–Trinajstić information content (AvgIpc) is 2.55. The van der Waals surface area contributed by atoms with E-state index in [-0.39, 0.29) is 0 Å². The second kappa shape index (κ2) is 3.53. The first-order valence-electron chi connectivity index (χ1n) is 4.49. The summed E-state index contributed by atoms with van der Waals surface area (Å²) in [5.74, 6) is 2.50. The second-order valence-electron chi connectivity index (χ2n) is 3.17. The van der Waals surface area contributed by atoms with Crippen molar-refractivity contribution in [2.45, 2.75) is 19.5 Å². The van der Waals surface area contributed by atoms with Crippen molar-refractivity contribution in [3.63, 3.8) is 0 Å². The van der Waals surface area contributed by atoms with Gasteiger partial charge in [0.15, 0.2) is 0 Å². The number of rotatable bonds is 1. The first-order valence-corrected chi connectivity index (χ1v) is 4.49. The van der Waals surface area contributed by atoms with E-state index in [1.54, 1.807) is 4.68 Å². The summed E-state index contributed by atoms with van der Waals surface area (Å²) >= 11 is 0. The molecule has 2 heterocycles. The Hall–Kier alpha value is -1.78. The minimum atomic E-state index is 0.371. The van der Waals surface area contributed by atoms with Gasteiger partial charge in [-0.25, -0.2) is 4.68 Å². The fourth-order valence-electron chi connectivity index (χ4n) is 1.68. The number of nitriles is 1. The summed E-state index contributed by atoms with van der Waals surface area (Å²) in [5, 5.41) is 16.5. The van der Waals surface area contributed by atoms with Crippen LogP contribution in [0.1, 0.15) is 17.0 Å². The van der Waals surface area contributed by atoms with E-state index in [1.165, 1.54) is 0 Å². The van der Waals surface area contributed by atoms with Gasteiger partial charge in [0.05, 0.1) is 5.69 Å². The van der Waals surface area contributed by atoms with Gasteiger partial charge in [0, 0.05) is 25.1 Å². The quantitative estimate of drug-likeness (QED) is 0.630. The Kier molecular flexibility index (Phi) is 2.22. The molecule has 0 amide bonds. The van der Waals surface area contributed by atoms with Crippen molar-refractivity contribution in [2.24, 2.45) is 0 Å². The Morgan fingerprint density at radius 2 is 2.50 bits per heavy atom. The van der Waals surface area contributed by atoms with Crippen LogP contribution in [0.25, 0.3) is 0 Å². The second-order valence-corrected chi connectivity index (χ2v) is 3.17. The van der Waals surface area contributed by atoms with Gasteiger partial charge in [-0.3, -0.25) is 0 Å². The molecule has 0 fully saturated rings. The first kappa shape index (κ1) is 8.80. The summed E-state index contributed by atoms with van der Waals surface area (Å²) in [7, 11) is 0. The zero-order chi connectivity index (χ0) is 9.97. The Morgan fingerprint density at radius 3 is 3.21 bits per heavy atom. The molecule has 1 aromatic rings. The first-order chi connectivity index (χ1) is 6.86. The molecular formula is C10H10N4. The molecule has 0 saturated heterocycles. The van der Waals surface area contributed by atoms with Crippen LogP contribution in [0.15, 0.2) is 0 Å². The normalized spacial score (nSPS) is 14.1. The zero-order valence-corrected chi connectivity index (χ0v) is 7.75. The predicted octanol–water partition coefficient (Wildman–Crippen LogP) is 0.0337. The van der Waals surface area contributed by atoms with Gasteiger partial charge in [-0.2, -0.15) is 10.4 Å². The lowest BCUT2D eigenvalue weighted by Crippen LogP contribution is -2.23. The summed E-state index contributed by atoms with van der Waals surface area (Å²) in [6.45, 7) is 2.02. The maximum Gasteiger partial charge on any atom is 0.144 e. The van der Waals surface area contributed by atoms with Crippen LogP contribution in [0.3, 0.4) is 0 Å². The van der Waals surface area contributed by atoms with E-state index in [4.69, 9.17) is 11.7 Å². The standard InChI is InChI=1S/C10H10N4/c1-2-5-14-10(6-11)8-7-12-4-3-9(8)13-14/h1,12H,3-5,7H2. The number of hydrogen-bond donors (Lipinski definition) is 1. The number of hydrogen-bond acceptors (Lipinski definition) is 3. The summed E-state index contributed by atoms with van der Waals surface area (Å²) < 4.78 is 1.61. The molecule has 1 aliphatic rings. The SMILES string of the molecule is C#CCn1nc2c(c1C#N)CNCC2. The van der Waals surface area contributed by atoms with Crippen LogP contribution in [-0.4, -0.2) is 16.3 Å². The highest BCUT2D eigenvalue weighted by Crippen LogP contribution is 2.16. The maximum absolute atomic E-state index is 8.98. The molecule has 1 aliphatic heterocycles. The molecule has 1 N–H and O–H groups in total. The van der Waals surface area contributed by atoms with Gasteiger partial charge in [-0.15, -0.1) is 6.42 Å². The van der Waals surface area contributed by atoms with E-state index in [0.29, 0.717) is 12.2 Å². The molecule has 1 aromatic heterocycles. The third kappa shape index (κ3) is 1.26. The Morgan fingerprint density at radius 1 is 1.64 bits per heavy atom. The van der Waals surface area contributed by atoms with Gasteiger partial charge >= 0.3 is 0 Å². The molecular weight excluding hydrogens is 176 g/mol. The molecule has 0 aromatic carbocycles. The van der Waals surface area contributed by atoms with Gasteiger partial charge in [0.25, 0.3) is 0 Å². The van der Waals surface area contributed by atoms with Crippen molar-refractivity contribution in [2.75, 3.05) is 6.54 Å². The van der Waals surface area contributed by atoms with E-state index in [2.05, 4.69) is 22.4 Å². The number of nitrogens with one attached hydrogen (secondary N) is 1. The number of fused-ring (bicyclic) bond motifs is 1. The van der Waals surface area contributed by atoms with Crippen molar-refractivity contribution >= 4 is 0 Å². The Balaban J connectivity index is 2.49. The largest absolute Gasteiger partial charge is 0.312 e. The van der Waals surface area contributed by atoms with E-state index in [9.17, 15) is 0 Å². The topological polar surface area (TPSA) is 53.6 Å². The van der Waals surface area contributed by atoms with Crippen LogP contribution in [-0.2, 0) is 19.5 Å². The van der Waals surface area contributed by atoms with Crippen molar-refractivity contribution in [3.05, 3.63) is 17.0 Å². The summed E-state index contributed by atoms with van der Waals surface area (Å²) in [5.41, 5.74) is 2.62. The molecule has 0 bridgehead atoms. The molecule has 0 spiro atoms. The fourth-order valence-corrected chi connectivity index (χ4v) is 1.68. The van der Waals surface area contributed by atoms with Crippen molar-refractivity contribution < 1.29 is 0 Å². The summed E-state index contributed by atoms with van der Waals surface area (Å²) in [6, 6.07) is 2.15. The Bertz CT molecular complexity index is 430. The third-order valence-corrected chi connectivity index (χ3v) is 2.32. The number of nitrogens with zero attached hydrogens (tertiary/aromatic N) is 3. The number of terminal acetylenes is 1. The van der Waals surface area contributed by atoms with Crippen LogP contribution >= 0.6 is 0 Å². The van der Waals surface area contributed by atoms with E-state index in [1.807, 2.05) is 0 Å². The fraction of sp³-hybridized carbons (Fsp3) is 0.400. The number of aromatic nitrogens is 2. The highest BCUT2D eigenvalue weighted by atomic mass is 15.3. The molecule has 4 nitrogen and oxygen atoms in total. The van der Waals surface area contributed by atoms with Crippen LogP contribution in [0, 0.1) is 23.7 Å². The molecule has 0 radical (unpaired) electrons. The average molecular weight is 186 g/mol. The van der Waals surface area contributed by atoms with Gasteiger partial charge < -0.3 is 5.32 Å². The van der Waals surface area contributed by atoms with Gasteiger partial charge in [0.2, 0.25) is 0 Å². The third-order valence-electron chi connectivity index (χ3n) is 2.32. The highest BCUT2D eigenvalue weighted by Gasteiger charge is 2.19. The maximum atomic E-state index is 8.98. The van der Waals surface area contributed by atoms with Crippen LogP contribution in [0.5, 0.6) is 0 Å². The van der Waals surface area contributed by atoms with Gasteiger partial charge in [-0.1, -0.05) is 5.92 Å². The lowest BCUT2D eigenvalue weighted by molar-refractivity contribution is 0.629. The lowest BCUT2D eigenvalue weighted by atomic mass is 10.1. The predicted molar refractivity (Wildman–Crippen MR) is 51.2 cm³/mol. The molecule has 0 unspecified atom stereocenters. The highest BCUT2D eigenvalue weighted by molar-refractivity contribution is 5.37. The van der Waals surface area contributed by atoms with Gasteiger partial charge in [-0.05, 0) is 0 Å². The van der Waals surface area contributed by atoms with Crippen molar-refractivity contribution in [3.8, 4) is 18.4 Å². The molecule has 0 aliphatic carbocycles. The van der Waals surface area contributed by atoms with Crippen molar-refractivity contribution in [1.29, 1.82) is 5.26 Å². The zero-order valence-electron chi connectivity index (χ0n) is 7.75. The van der Waals surface area contributed by atoms with Crippen LogP contribution in [0.4, 0.5) is 0 Å². The summed E-state index contributed by atoms with van der Waals surface area (Å²) in [4.78, 5) is 0. The monoisotopic (exact) mass is 186 g/mol. The van der Waals surface area contributed by atoms with E-state index in [0.717, 1.165) is 30.8 Å². The molecule has 14 heavy (non-hydrogen) atoms. The van der Waals surface area contributed by atoms with Crippen LogP contribution < -0.4 is 5.32 Å². The molecule has 0 saturated carbocycles. The molecule has 0 atom stereocenters. The smallest absolute Gasteiger partial charge is 0.144 e. The molecule has 2 rings (SSSR count). The van der Waals surface area contributed by atoms with Gasteiger partial charge in [0.1, 0.15) is 18.3 Å².